The number of anilines is 2. The molecular weight excluding hydrogens is 404 g/mol. The molecule has 154 valence electrons. The molecule has 0 bridgehead atoms. The first-order valence-corrected chi connectivity index (χ1v) is 9.54. The third-order valence-electron chi connectivity index (χ3n) is 4.53. The number of esters is 1. The van der Waals surface area contributed by atoms with E-state index in [1.165, 1.54) is 7.11 Å². The number of nitrogen functional groups attached to an aromatic ring is 1. The molecule has 3 rings (SSSR count). The number of hydrogen-bond donors (Lipinski definition) is 2. The van der Waals surface area contributed by atoms with E-state index >= 15 is 0 Å². The van der Waals surface area contributed by atoms with Crippen molar-refractivity contribution in [3.8, 4) is 5.75 Å². The van der Waals surface area contributed by atoms with Crippen LogP contribution in [0.2, 0.25) is 5.02 Å². The number of halogens is 1. The lowest BCUT2D eigenvalue weighted by atomic mass is 10.1. The fourth-order valence-electron chi connectivity index (χ4n) is 2.88. The molecule has 0 aliphatic rings. The molecule has 0 saturated heterocycles. The van der Waals surface area contributed by atoms with Crippen LogP contribution in [0.25, 0.3) is 0 Å². The first kappa shape index (κ1) is 21.2. The van der Waals surface area contributed by atoms with Gasteiger partial charge in [-0.15, -0.1) is 0 Å². The number of aryl methyl sites for hydroxylation is 1. The van der Waals surface area contributed by atoms with Crippen LogP contribution in [0.1, 0.15) is 27.6 Å². The fraction of sp³-hybridized carbons (Fsp3) is 0.130. The van der Waals surface area contributed by atoms with E-state index in [2.05, 4.69) is 5.32 Å². The predicted octanol–water partition coefficient (Wildman–Crippen LogP) is 4.78. The van der Waals surface area contributed by atoms with Gasteiger partial charge < -0.3 is 20.5 Å². The van der Waals surface area contributed by atoms with Gasteiger partial charge in [-0.3, -0.25) is 4.79 Å². The highest BCUT2D eigenvalue weighted by atomic mass is 35.5. The second-order valence-corrected chi connectivity index (χ2v) is 6.98. The Morgan fingerprint density at radius 3 is 2.43 bits per heavy atom. The lowest BCUT2D eigenvalue weighted by Gasteiger charge is -2.19. The van der Waals surface area contributed by atoms with Crippen molar-refractivity contribution in [2.75, 3.05) is 18.2 Å². The molecule has 30 heavy (non-hydrogen) atoms. The van der Waals surface area contributed by atoms with Gasteiger partial charge in [0.2, 0.25) is 6.10 Å². The first-order valence-electron chi connectivity index (χ1n) is 9.16. The van der Waals surface area contributed by atoms with E-state index in [1.54, 1.807) is 67.6 Å². The minimum Gasteiger partial charge on any atom is -0.495 e. The molecule has 1 atom stereocenters. The summed E-state index contributed by atoms with van der Waals surface area (Å²) >= 11 is 6.13. The molecule has 3 N–H and O–H groups in total. The van der Waals surface area contributed by atoms with E-state index in [9.17, 15) is 9.59 Å². The number of nitrogens with one attached hydrogen (secondary N) is 1. The van der Waals surface area contributed by atoms with E-state index in [0.717, 1.165) is 5.56 Å². The number of rotatable bonds is 6. The standard InChI is InChI=1S/C23H21ClN2O4/c1-14-7-6-10-17(20(14)25)23(28)30-21(15-8-4-3-5-9-15)22(27)26-16-11-12-19(29-2)18(24)13-16/h3-13,21H,25H2,1-2H3,(H,26,27). The molecule has 0 aliphatic carbocycles. The monoisotopic (exact) mass is 424 g/mol. The highest BCUT2D eigenvalue weighted by Gasteiger charge is 2.27. The lowest BCUT2D eigenvalue weighted by Crippen LogP contribution is -2.26. The van der Waals surface area contributed by atoms with Gasteiger partial charge in [-0.25, -0.2) is 4.79 Å². The van der Waals surface area contributed by atoms with Crippen LogP contribution in [0.4, 0.5) is 11.4 Å². The number of hydrogen-bond acceptors (Lipinski definition) is 5. The number of carbonyl (C=O) groups is 2. The Morgan fingerprint density at radius 1 is 1.03 bits per heavy atom. The summed E-state index contributed by atoms with van der Waals surface area (Å²) < 4.78 is 10.7. The maximum Gasteiger partial charge on any atom is 0.341 e. The normalized spacial score (nSPS) is 11.4. The highest BCUT2D eigenvalue weighted by Crippen LogP contribution is 2.29. The van der Waals surface area contributed by atoms with Crippen molar-refractivity contribution in [1.82, 2.24) is 0 Å². The Hall–Kier alpha value is -3.51. The SMILES string of the molecule is COc1ccc(NC(=O)C(OC(=O)c2cccc(C)c2N)c2ccccc2)cc1Cl. The predicted molar refractivity (Wildman–Crippen MR) is 117 cm³/mol. The summed E-state index contributed by atoms with van der Waals surface area (Å²) in [5.74, 6) is -0.731. The molecule has 0 aromatic heterocycles. The molecule has 1 unspecified atom stereocenters. The van der Waals surface area contributed by atoms with Crippen molar-refractivity contribution >= 4 is 34.9 Å². The molecule has 0 saturated carbocycles. The molecule has 3 aromatic rings. The zero-order valence-electron chi connectivity index (χ0n) is 16.5. The summed E-state index contributed by atoms with van der Waals surface area (Å²) in [6.45, 7) is 1.79. The average Bonchev–Trinajstić information content (AvgIpc) is 2.74. The van der Waals surface area contributed by atoms with E-state index in [-0.39, 0.29) is 5.56 Å². The first-order chi connectivity index (χ1) is 14.4. The number of ether oxygens (including phenoxy) is 2. The number of carbonyl (C=O) groups excluding carboxylic acids is 2. The molecule has 0 radical (unpaired) electrons. The van der Waals surface area contributed by atoms with E-state index in [1.807, 2.05) is 6.07 Å². The van der Waals surface area contributed by atoms with E-state index in [4.69, 9.17) is 26.8 Å². The third kappa shape index (κ3) is 4.72. The van der Waals surface area contributed by atoms with Gasteiger partial charge in [-0.1, -0.05) is 54.1 Å². The molecule has 0 fully saturated rings. The van der Waals surface area contributed by atoms with E-state index in [0.29, 0.717) is 27.7 Å². The molecular formula is C23H21ClN2O4. The quantitative estimate of drug-likeness (QED) is 0.439. The summed E-state index contributed by atoms with van der Waals surface area (Å²) in [5.41, 5.74) is 8.25. The second-order valence-electron chi connectivity index (χ2n) is 6.57. The Kier molecular flexibility index (Phi) is 6.59. The zero-order chi connectivity index (χ0) is 21.7. The van der Waals surface area contributed by atoms with Gasteiger partial charge in [0.1, 0.15) is 5.75 Å². The van der Waals surface area contributed by atoms with Crippen molar-refractivity contribution in [3.05, 3.63) is 88.4 Å². The molecule has 3 aromatic carbocycles. The van der Waals surface area contributed by atoms with Crippen LogP contribution in [0.5, 0.6) is 5.75 Å². The molecule has 0 spiro atoms. The Labute approximate surface area is 179 Å². The van der Waals surface area contributed by atoms with Crippen LogP contribution in [0.15, 0.2) is 66.7 Å². The fourth-order valence-corrected chi connectivity index (χ4v) is 3.14. The van der Waals surface area contributed by atoms with E-state index < -0.39 is 18.0 Å². The Morgan fingerprint density at radius 2 is 1.77 bits per heavy atom. The second kappa shape index (κ2) is 9.33. The van der Waals surface area contributed by atoms with Crippen LogP contribution in [-0.4, -0.2) is 19.0 Å². The maximum atomic E-state index is 13.0. The van der Waals surface area contributed by atoms with Crippen molar-refractivity contribution in [3.63, 3.8) is 0 Å². The summed E-state index contributed by atoms with van der Waals surface area (Å²) in [5, 5.41) is 3.07. The topological polar surface area (TPSA) is 90.6 Å². The average molecular weight is 425 g/mol. The lowest BCUT2D eigenvalue weighted by molar-refractivity contribution is -0.125. The van der Waals surface area contributed by atoms with Crippen molar-refractivity contribution in [1.29, 1.82) is 0 Å². The summed E-state index contributed by atoms with van der Waals surface area (Å²) in [4.78, 5) is 25.8. The zero-order valence-corrected chi connectivity index (χ0v) is 17.3. The Bertz CT molecular complexity index is 1070. The van der Waals surface area contributed by atoms with Gasteiger partial charge in [0, 0.05) is 16.9 Å². The van der Waals surface area contributed by atoms with Gasteiger partial charge in [0.15, 0.2) is 0 Å². The molecule has 0 aliphatic heterocycles. The van der Waals surface area contributed by atoms with Crippen LogP contribution < -0.4 is 15.8 Å². The molecule has 1 amide bonds. The summed E-state index contributed by atoms with van der Waals surface area (Å²) in [7, 11) is 1.50. The van der Waals surface area contributed by atoms with Gasteiger partial charge >= 0.3 is 5.97 Å². The van der Waals surface area contributed by atoms with Crippen molar-refractivity contribution in [2.24, 2.45) is 0 Å². The van der Waals surface area contributed by atoms with Crippen LogP contribution in [-0.2, 0) is 9.53 Å². The van der Waals surface area contributed by atoms with Crippen LogP contribution >= 0.6 is 11.6 Å². The van der Waals surface area contributed by atoms with Crippen LogP contribution in [0.3, 0.4) is 0 Å². The summed E-state index contributed by atoms with van der Waals surface area (Å²) in [6.07, 6.45) is -1.18. The largest absolute Gasteiger partial charge is 0.495 e. The minimum absolute atomic E-state index is 0.205. The van der Waals surface area contributed by atoms with Gasteiger partial charge in [0.05, 0.1) is 17.7 Å². The van der Waals surface area contributed by atoms with Gasteiger partial charge in [-0.05, 0) is 36.8 Å². The molecule has 7 heteroatoms. The number of amides is 1. The van der Waals surface area contributed by atoms with Crippen LogP contribution in [0, 0.1) is 6.92 Å². The van der Waals surface area contributed by atoms with Gasteiger partial charge in [-0.2, -0.15) is 0 Å². The summed E-state index contributed by atoms with van der Waals surface area (Å²) in [6, 6.07) is 18.6. The number of para-hydroxylation sites is 1. The number of nitrogens with two attached hydrogens (primary N) is 1. The number of benzene rings is 3. The smallest absolute Gasteiger partial charge is 0.341 e. The Balaban J connectivity index is 1.87. The highest BCUT2D eigenvalue weighted by molar-refractivity contribution is 6.32. The van der Waals surface area contributed by atoms with Gasteiger partial charge in [0.25, 0.3) is 5.91 Å². The minimum atomic E-state index is -1.18. The third-order valence-corrected chi connectivity index (χ3v) is 4.82. The number of methoxy groups -OCH3 is 1. The maximum absolute atomic E-state index is 13.0. The molecule has 6 nitrogen and oxygen atoms in total. The van der Waals surface area contributed by atoms with Crippen molar-refractivity contribution in [2.45, 2.75) is 13.0 Å². The molecule has 0 heterocycles. The van der Waals surface area contributed by atoms with Crippen molar-refractivity contribution < 1.29 is 19.1 Å².